The van der Waals surface area contributed by atoms with E-state index >= 15 is 0 Å². The maximum Gasteiger partial charge on any atom is 0.323 e. The van der Waals surface area contributed by atoms with Gasteiger partial charge in [0.2, 0.25) is 0 Å². The first-order valence-corrected chi connectivity index (χ1v) is 12.3. The highest BCUT2D eigenvalue weighted by atomic mass is 16.5. The molecular weight excluding hydrogens is 370 g/mol. The van der Waals surface area contributed by atoms with Crippen molar-refractivity contribution in [1.82, 2.24) is 0 Å². The molecule has 3 nitrogen and oxygen atoms in total. The van der Waals surface area contributed by atoms with E-state index < -0.39 is 5.92 Å². The number of hydrogen-bond donors (Lipinski definition) is 0. The summed E-state index contributed by atoms with van der Waals surface area (Å²) in [6.07, 6.45) is 13.9. The fourth-order valence-corrected chi connectivity index (χ4v) is 4.04. The minimum Gasteiger partial charge on any atom is -0.464 e. The highest BCUT2D eigenvalue weighted by Gasteiger charge is 2.31. The maximum atomic E-state index is 12.8. The Bertz CT molecular complexity index is 593. The summed E-state index contributed by atoms with van der Waals surface area (Å²) in [5, 5.41) is 9.84. The number of carbonyl (C=O) groups is 1. The van der Waals surface area contributed by atoms with Gasteiger partial charge in [-0.05, 0) is 24.3 Å². The van der Waals surface area contributed by atoms with Gasteiger partial charge >= 0.3 is 5.97 Å². The van der Waals surface area contributed by atoms with Gasteiger partial charge < -0.3 is 4.74 Å². The van der Waals surface area contributed by atoms with Crippen molar-refractivity contribution in [2.75, 3.05) is 6.61 Å². The molecule has 1 rings (SSSR count). The van der Waals surface area contributed by atoms with Crippen LogP contribution in [0.5, 0.6) is 0 Å². The van der Waals surface area contributed by atoms with E-state index in [0.29, 0.717) is 12.5 Å². The first kappa shape index (κ1) is 26.2. The van der Waals surface area contributed by atoms with Crippen LogP contribution in [0.15, 0.2) is 30.3 Å². The summed E-state index contributed by atoms with van der Waals surface area (Å²) >= 11 is 0. The molecule has 0 heterocycles. The lowest BCUT2D eigenvalue weighted by Crippen LogP contribution is -2.25. The Morgan fingerprint density at radius 3 is 2.13 bits per heavy atom. The van der Waals surface area contributed by atoms with Crippen LogP contribution in [0.3, 0.4) is 0 Å². The number of hydrogen-bond acceptors (Lipinski definition) is 3. The molecule has 168 valence electrons. The molecule has 0 aliphatic carbocycles. The molecule has 0 bridgehead atoms. The van der Waals surface area contributed by atoms with Crippen molar-refractivity contribution in [3.63, 3.8) is 0 Å². The van der Waals surface area contributed by atoms with Gasteiger partial charge in [-0.15, -0.1) is 0 Å². The van der Waals surface area contributed by atoms with Crippen LogP contribution in [0.2, 0.25) is 0 Å². The third-order valence-corrected chi connectivity index (χ3v) is 6.15. The largest absolute Gasteiger partial charge is 0.464 e. The number of ether oxygens (including phenoxy) is 1. The zero-order valence-corrected chi connectivity index (χ0v) is 19.6. The number of esters is 1. The normalized spacial score (nSPS) is 13.9. The molecule has 0 radical (unpaired) electrons. The summed E-state index contributed by atoms with van der Waals surface area (Å²) in [6.45, 7) is 6.99. The first-order chi connectivity index (χ1) is 14.7. The van der Waals surface area contributed by atoms with Crippen molar-refractivity contribution >= 4 is 5.97 Å². The van der Waals surface area contributed by atoms with Crippen LogP contribution >= 0.6 is 0 Å². The van der Waals surface area contributed by atoms with Crippen molar-refractivity contribution < 1.29 is 9.53 Å². The molecule has 0 aliphatic heterocycles. The lowest BCUT2D eigenvalue weighted by molar-refractivity contribution is -0.148. The molecule has 0 aromatic heterocycles. The van der Waals surface area contributed by atoms with E-state index in [-0.39, 0.29) is 11.9 Å². The fourth-order valence-electron chi connectivity index (χ4n) is 4.04. The summed E-state index contributed by atoms with van der Waals surface area (Å²) < 4.78 is 5.66. The maximum absolute atomic E-state index is 12.8. The number of rotatable bonds is 17. The molecule has 0 N–H and O–H groups in total. The van der Waals surface area contributed by atoms with Gasteiger partial charge in [0.05, 0.1) is 12.7 Å². The number of carbonyl (C=O) groups excluding carboxylic acids is 1. The summed E-state index contributed by atoms with van der Waals surface area (Å²) in [5.41, 5.74) is 1.07. The standard InChI is InChI=1S/C27H43NO2/c1-4-7-9-10-11-12-16-20-25(24-18-14-13-15-19-24)26(21-28)27(29)30-22-23(6-3)17-8-5-2/h13-15,18-19,23,25-26H,4-12,16-17,20,22H2,1-3H3. The number of nitriles is 1. The van der Waals surface area contributed by atoms with Gasteiger partial charge in [0.15, 0.2) is 5.92 Å². The van der Waals surface area contributed by atoms with E-state index in [4.69, 9.17) is 4.74 Å². The number of benzene rings is 1. The molecule has 3 atom stereocenters. The molecule has 0 saturated carbocycles. The molecule has 1 aromatic carbocycles. The Labute approximate surface area is 185 Å². The Balaban J connectivity index is 2.68. The van der Waals surface area contributed by atoms with Gasteiger partial charge in [-0.1, -0.05) is 115 Å². The molecule has 0 saturated heterocycles. The predicted octanol–water partition coefficient (Wildman–Crippen LogP) is 7.81. The highest BCUT2D eigenvalue weighted by molar-refractivity contribution is 5.76. The van der Waals surface area contributed by atoms with Crippen LogP contribution < -0.4 is 0 Å². The molecule has 1 aromatic rings. The molecule has 0 fully saturated rings. The van der Waals surface area contributed by atoms with Gasteiger partial charge in [-0.2, -0.15) is 5.26 Å². The van der Waals surface area contributed by atoms with E-state index in [1.54, 1.807) is 0 Å². The van der Waals surface area contributed by atoms with Gasteiger partial charge in [0, 0.05) is 5.92 Å². The van der Waals surface area contributed by atoms with E-state index in [0.717, 1.165) is 50.5 Å². The lowest BCUT2D eigenvalue weighted by atomic mass is 9.82. The summed E-state index contributed by atoms with van der Waals surface area (Å²) in [7, 11) is 0. The summed E-state index contributed by atoms with van der Waals surface area (Å²) in [6, 6.07) is 12.3. The summed E-state index contributed by atoms with van der Waals surface area (Å²) in [5.74, 6) is -0.762. The smallest absolute Gasteiger partial charge is 0.323 e. The Morgan fingerprint density at radius 2 is 1.53 bits per heavy atom. The van der Waals surface area contributed by atoms with Gasteiger partial charge in [0.1, 0.15) is 0 Å². The second-order valence-electron chi connectivity index (χ2n) is 8.58. The molecule has 0 aliphatic rings. The van der Waals surface area contributed by atoms with Crippen LogP contribution in [0.1, 0.15) is 109 Å². The number of unbranched alkanes of at least 4 members (excludes halogenated alkanes) is 7. The molecule has 3 unspecified atom stereocenters. The zero-order valence-electron chi connectivity index (χ0n) is 19.6. The van der Waals surface area contributed by atoms with Crippen LogP contribution in [-0.4, -0.2) is 12.6 Å². The second-order valence-corrected chi connectivity index (χ2v) is 8.58. The van der Waals surface area contributed by atoms with E-state index in [2.05, 4.69) is 26.8 Å². The molecular formula is C27H43NO2. The van der Waals surface area contributed by atoms with Gasteiger partial charge in [-0.3, -0.25) is 4.79 Å². The van der Waals surface area contributed by atoms with E-state index in [1.807, 2.05) is 30.3 Å². The molecule has 0 spiro atoms. The van der Waals surface area contributed by atoms with Crippen LogP contribution in [-0.2, 0) is 9.53 Å². The van der Waals surface area contributed by atoms with Crippen molar-refractivity contribution in [1.29, 1.82) is 5.26 Å². The Kier molecular flexibility index (Phi) is 14.8. The fraction of sp³-hybridized carbons (Fsp3) is 0.704. The third-order valence-electron chi connectivity index (χ3n) is 6.15. The van der Waals surface area contributed by atoms with E-state index in [1.165, 1.54) is 32.1 Å². The molecule has 30 heavy (non-hydrogen) atoms. The second kappa shape index (κ2) is 16.9. The van der Waals surface area contributed by atoms with E-state index in [9.17, 15) is 10.1 Å². The average molecular weight is 414 g/mol. The van der Waals surface area contributed by atoms with Crippen LogP contribution in [0, 0.1) is 23.2 Å². The Morgan fingerprint density at radius 1 is 0.900 bits per heavy atom. The lowest BCUT2D eigenvalue weighted by Gasteiger charge is -2.23. The molecule has 0 amide bonds. The minimum absolute atomic E-state index is 0.0879. The molecule has 3 heteroatoms. The first-order valence-electron chi connectivity index (χ1n) is 12.3. The Hall–Kier alpha value is -1.82. The topological polar surface area (TPSA) is 50.1 Å². The van der Waals surface area contributed by atoms with Crippen molar-refractivity contribution in [2.45, 2.75) is 104 Å². The van der Waals surface area contributed by atoms with Crippen molar-refractivity contribution in [3.05, 3.63) is 35.9 Å². The zero-order chi connectivity index (χ0) is 22.0. The third kappa shape index (κ3) is 10.3. The quantitative estimate of drug-likeness (QED) is 0.193. The average Bonchev–Trinajstić information content (AvgIpc) is 2.78. The van der Waals surface area contributed by atoms with Crippen molar-refractivity contribution in [3.8, 4) is 6.07 Å². The van der Waals surface area contributed by atoms with Crippen LogP contribution in [0.4, 0.5) is 0 Å². The van der Waals surface area contributed by atoms with Crippen LogP contribution in [0.25, 0.3) is 0 Å². The predicted molar refractivity (Wildman–Crippen MR) is 125 cm³/mol. The number of nitrogens with zero attached hydrogens (tertiary/aromatic N) is 1. The minimum atomic E-state index is -0.726. The van der Waals surface area contributed by atoms with Gasteiger partial charge in [0.25, 0.3) is 0 Å². The monoisotopic (exact) mass is 413 g/mol. The van der Waals surface area contributed by atoms with Crippen molar-refractivity contribution in [2.24, 2.45) is 11.8 Å². The summed E-state index contributed by atoms with van der Waals surface area (Å²) in [4.78, 5) is 12.8. The SMILES string of the molecule is CCCCCCCCCC(c1ccccc1)C(C#N)C(=O)OCC(CC)CCCC. The highest BCUT2D eigenvalue weighted by Crippen LogP contribution is 2.31. The van der Waals surface area contributed by atoms with Gasteiger partial charge in [-0.25, -0.2) is 0 Å².